The molecule has 0 saturated carbocycles. The Bertz CT molecular complexity index is 361. The highest BCUT2D eigenvalue weighted by Gasteiger charge is 2.24. The van der Waals surface area contributed by atoms with Crippen LogP contribution in [0.15, 0.2) is 0 Å². The molecule has 1 aliphatic heterocycles. The highest BCUT2D eigenvalue weighted by Crippen LogP contribution is 2.13. The summed E-state index contributed by atoms with van der Waals surface area (Å²) in [6.45, 7) is 2.81. The molecule has 18 heavy (non-hydrogen) atoms. The van der Waals surface area contributed by atoms with Gasteiger partial charge in [0.15, 0.2) is 0 Å². The summed E-state index contributed by atoms with van der Waals surface area (Å²) >= 11 is 0. The maximum atomic E-state index is 12.1. The van der Waals surface area contributed by atoms with Gasteiger partial charge >= 0.3 is 5.97 Å². The summed E-state index contributed by atoms with van der Waals surface area (Å²) in [5, 5.41) is 8.56. The third-order valence-corrected chi connectivity index (χ3v) is 4.79. The van der Waals surface area contributed by atoms with Gasteiger partial charge in [-0.05, 0) is 26.2 Å². The van der Waals surface area contributed by atoms with Crippen molar-refractivity contribution in [1.29, 1.82) is 0 Å². The Balaban J connectivity index is 2.49. The van der Waals surface area contributed by atoms with Crippen LogP contribution in [0.4, 0.5) is 0 Å². The molecule has 1 atom stereocenters. The maximum Gasteiger partial charge on any atom is 0.303 e. The molecule has 0 aromatic rings. The molecule has 1 saturated heterocycles. The molecule has 7 heteroatoms. The van der Waals surface area contributed by atoms with Crippen molar-refractivity contribution in [2.45, 2.75) is 51.5 Å². The van der Waals surface area contributed by atoms with Crippen molar-refractivity contribution in [1.82, 2.24) is 9.03 Å². The summed E-state index contributed by atoms with van der Waals surface area (Å²) in [6, 6.07) is -0.352. The van der Waals surface area contributed by atoms with Crippen LogP contribution in [0.25, 0.3) is 0 Å². The Morgan fingerprint density at radius 2 is 1.83 bits per heavy atom. The lowest BCUT2D eigenvalue weighted by atomic mass is 10.2. The fourth-order valence-electron chi connectivity index (χ4n) is 2.01. The predicted molar refractivity (Wildman–Crippen MR) is 68.4 cm³/mol. The third-order valence-electron chi connectivity index (χ3n) is 3.05. The van der Waals surface area contributed by atoms with Gasteiger partial charge in [-0.25, -0.2) is 0 Å². The van der Waals surface area contributed by atoms with E-state index < -0.39 is 16.2 Å². The molecule has 1 aliphatic rings. The molecule has 0 spiro atoms. The number of rotatable bonds is 6. The smallest absolute Gasteiger partial charge is 0.303 e. The largest absolute Gasteiger partial charge is 0.481 e. The minimum absolute atomic E-state index is 0.0241. The zero-order chi connectivity index (χ0) is 13.6. The average Bonchev–Trinajstić information content (AvgIpc) is 2.54. The Labute approximate surface area is 109 Å². The molecular formula is C11H22N2O4S. The Hall–Kier alpha value is -0.660. The van der Waals surface area contributed by atoms with Crippen LogP contribution in [0.3, 0.4) is 0 Å². The van der Waals surface area contributed by atoms with Crippen LogP contribution in [0.1, 0.15) is 45.4 Å². The molecule has 1 heterocycles. The van der Waals surface area contributed by atoms with Gasteiger partial charge in [0.1, 0.15) is 0 Å². The molecule has 1 rings (SSSR count). The molecule has 1 fully saturated rings. The van der Waals surface area contributed by atoms with Crippen LogP contribution in [0, 0.1) is 0 Å². The van der Waals surface area contributed by atoms with Gasteiger partial charge in [-0.1, -0.05) is 12.8 Å². The van der Waals surface area contributed by atoms with E-state index in [1.54, 1.807) is 6.92 Å². The lowest BCUT2D eigenvalue weighted by molar-refractivity contribution is -0.137. The van der Waals surface area contributed by atoms with Gasteiger partial charge in [0.2, 0.25) is 0 Å². The summed E-state index contributed by atoms with van der Waals surface area (Å²) in [5.74, 6) is -0.907. The second-order valence-corrected chi connectivity index (χ2v) is 6.47. The van der Waals surface area contributed by atoms with Crippen molar-refractivity contribution >= 4 is 16.2 Å². The van der Waals surface area contributed by atoms with E-state index in [-0.39, 0.29) is 12.5 Å². The van der Waals surface area contributed by atoms with Crippen LogP contribution in [-0.2, 0) is 15.0 Å². The summed E-state index contributed by atoms with van der Waals surface area (Å²) in [6.07, 6.45) is 4.21. The highest BCUT2D eigenvalue weighted by atomic mass is 32.2. The first-order valence-electron chi connectivity index (χ1n) is 6.41. The molecule has 0 bridgehead atoms. The van der Waals surface area contributed by atoms with Crippen LogP contribution >= 0.6 is 0 Å². The monoisotopic (exact) mass is 278 g/mol. The second-order valence-electron chi connectivity index (χ2n) is 4.77. The van der Waals surface area contributed by atoms with Crippen molar-refractivity contribution in [2.24, 2.45) is 0 Å². The first kappa shape index (κ1) is 15.4. The molecule has 1 unspecified atom stereocenters. The normalized spacial score (nSPS) is 20.3. The first-order valence-corrected chi connectivity index (χ1v) is 7.85. The van der Waals surface area contributed by atoms with Crippen LogP contribution in [-0.4, -0.2) is 42.9 Å². The van der Waals surface area contributed by atoms with Crippen LogP contribution in [0.5, 0.6) is 0 Å². The zero-order valence-electron chi connectivity index (χ0n) is 10.8. The van der Waals surface area contributed by atoms with E-state index in [4.69, 9.17) is 5.11 Å². The topological polar surface area (TPSA) is 86.7 Å². The summed E-state index contributed by atoms with van der Waals surface area (Å²) in [5.41, 5.74) is 0. The number of carboxylic acids is 1. The van der Waals surface area contributed by atoms with Gasteiger partial charge in [0.25, 0.3) is 10.2 Å². The van der Waals surface area contributed by atoms with Gasteiger partial charge in [-0.3, -0.25) is 4.79 Å². The predicted octanol–water partition coefficient (Wildman–Crippen LogP) is 0.950. The third kappa shape index (κ3) is 5.32. The second kappa shape index (κ2) is 7.06. The quantitative estimate of drug-likeness (QED) is 0.757. The maximum absolute atomic E-state index is 12.1. The molecule has 106 valence electrons. The lowest BCUT2D eigenvalue weighted by Gasteiger charge is -2.22. The van der Waals surface area contributed by atoms with E-state index in [9.17, 15) is 13.2 Å². The number of nitrogens with zero attached hydrogens (tertiary/aromatic N) is 1. The van der Waals surface area contributed by atoms with Crippen molar-refractivity contribution in [3.63, 3.8) is 0 Å². The van der Waals surface area contributed by atoms with Crippen molar-refractivity contribution in [2.75, 3.05) is 13.1 Å². The van der Waals surface area contributed by atoms with E-state index >= 15 is 0 Å². The minimum atomic E-state index is -3.46. The minimum Gasteiger partial charge on any atom is -0.481 e. The standard InChI is InChI=1S/C11H22N2O4S/c1-10(6-7-11(14)15)12-18(16,17)13-8-4-2-3-5-9-13/h10,12H,2-9H2,1H3,(H,14,15). The van der Waals surface area contributed by atoms with Crippen LogP contribution < -0.4 is 4.72 Å². The Morgan fingerprint density at radius 3 is 2.33 bits per heavy atom. The number of hydrogen-bond donors (Lipinski definition) is 2. The van der Waals surface area contributed by atoms with E-state index in [0.717, 1.165) is 25.7 Å². The fraction of sp³-hybridized carbons (Fsp3) is 0.909. The molecular weight excluding hydrogens is 256 g/mol. The summed E-state index contributed by atoms with van der Waals surface area (Å²) in [4.78, 5) is 10.4. The Morgan fingerprint density at radius 1 is 1.28 bits per heavy atom. The van der Waals surface area contributed by atoms with Gasteiger partial charge in [0, 0.05) is 25.6 Å². The molecule has 0 aliphatic carbocycles. The van der Waals surface area contributed by atoms with E-state index in [0.29, 0.717) is 19.5 Å². The number of carboxylic acid groups (broad SMARTS) is 1. The highest BCUT2D eigenvalue weighted by molar-refractivity contribution is 7.87. The summed E-state index contributed by atoms with van der Waals surface area (Å²) in [7, 11) is -3.46. The number of aliphatic carboxylic acids is 1. The molecule has 6 nitrogen and oxygen atoms in total. The van der Waals surface area contributed by atoms with Crippen molar-refractivity contribution < 1.29 is 18.3 Å². The molecule has 0 aromatic carbocycles. The molecule has 0 aromatic heterocycles. The SMILES string of the molecule is CC(CCC(=O)O)NS(=O)(=O)N1CCCCCC1. The number of nitrogens with one attached hydrogen (secondary N) is 1. The molecule has 0 amide bonds. The molecule has 2 N–H and O–H groups in total. The van der Waals surface area contributed by atoms with Gasteiger partial charge < -0.3 is 5.11 Å². The lowest BCUT2D eigenvalue weighted by Crippen LogP contribution is -2.44. The Kier molecular flexibility index (Phi) is 6.04. The van der Waals surface area contributed by atoms with Crippen molar-refractivity contribution in [3.05, 3.63) is 0 Å². The van der Waals surface area contributed by atoms with Gasteiger partial charge in [-0.2, -0.15) is 17.4 Å². The van der Waals surface area contributed by atoms with Gasteiger partial charge in [-0.15, -0.1) is 0 Å². The van der Waals surface area contributed by atoms with Crippen molar-refractivity contribution in [3.8, 4) is 0 Å². The van der Waals surface area contributed by atoms with Crippen LogP contribution in [0.2, 0.25) is 0 Å². The summed E-state index contributed by atoms with van der Waals surface area (Å²) < 4.78 is 28.1. The van der Waals surface area contributed by atoms with E-state index in [1.165, 1.54) is 4.31 Å². The first-order chi connectivity index (χ1) is 8.42. The number of carbonyl (C=O) groups is 1. The average molecular weight is 278 g/mol. The zero-order valence-corrected chi connectivity index (χ0v) is 11.6. The van der Waals surface area contributed by atoms with E-state index in [2.05, 4.69) is 4.72 Å². The fourth-order valence-corrected chi connectivity index (χ4v) is 3.52. The van der Waals surface area contributed by atoms with E-state index in [1.807, 2.05) is 0 Å². The number of hydrogen-bond acceptors (Lipinski definition) is 3. The van der Waals surface area contributed by atoms with Gasteiger partial charge in [0.05, 0.1) is 0 Å². The molecule has 0 radical (unpaired) electrons.